The number of imidazole rings is 1. The van der Waals surface area contributed by atoms with E-state index in [2.05, 4.69) is 9.71 Å². The van der Waals surface area contributed by atoms with Crippen LogP contribution < -0.4 is 4.72 Å². The topological polar surface area (TPSA) is 63.5 Å². The second-order valence-corrected chi connectivity index (χ2v) is 8.60. The number of hydrogen-bond acceptors (Lipinski definition) is 3. The molecule has 4 rings (SSSR count). The predicted octanol–water partition coefficient (Wildman–Crippen LogP) is 5.03. The van der Waals surface area contributed by atoms with E-state index >= 15 is 0 Å². The highest BCUT2D eigenvalue weighted by atomic mass is 32.2. The Morgan fingerprint density at radius 1 is 0.966 bits per heavy atom. The van der Waals surface area contributed by atoms with E-state index in [0.717, 1.165) is 33.6 Å². The first-order chi connectivity index (χ1) is 13.9. The SMILES string of the molecule is Cc1ccc(/C=C/S(=O)(=O)Nc2cccc(-c3cn4ccc(C)cc4n3)c2)cc1. The molecule has 0 unspecified atom stereocenters. The minimum absolute atomic E-state index is 0.490. The first kappa shape index (κ1) is 19.0. The molecule has 0 radical (unpaired) electrons. The van der Waals surface area contributed by atoms with Gasteiger partial charge in [0.05, 0.1) is 11.1 Å². The van der Waals surface area contributed by atoms with Crippen molar-refractivity contribution in [3.8, 4) is 11.3 Å². The van der Waals surface area contributed by atoms with Gasteiger partial charge >= 0.3 is 0 Å². The molecule has 0 aliphatic carbocycles. The van der Waals surface area contributed by atoms with E-state index in [1.54, 1.807) is 18.2 Å². The Morgan fingerprint density at radius 2 is 1.76 bits per heavy atom. The largest absolute Gasteiger partial charge is 0.306 e. The van der Waals surface area contributed by atoms with Crippen molar-refractivity contribution < 1.29 is 8.42 Å². The lowest BCUT2D eigenvalue weighted by Crippen LogP contribution is -2.08. The van der Waals surface area contributed by atoms with Crippen LogP contribution in [0.1, 0.15) is 16.7 Å². The number of hydrogen-bond donors (Lipinski definition) is 1. The summed E-state index contributed by atoms with van der Waals surface area (Å²) in [6.07, 6.45) is 5.47. The Bertz CT molecular complexity index is 1300. The molecule has 0 spiro atoms. The van der Waals surface area contributed by atoms with E-state index in [-0.39, 0.29) is 0 Å². The summed E-state index contributed by atoms with van der Waals surface area (Å²) in [5.41, 5.74) is 6.06. The minimum Gasteiger partial charge on any atom is -0.306 e. The summed E-state index contributed by atoms with van der Waals surface area (Å²) in [7, 11) is -3.63. The summed E-state index contributed by atoms with van der Waals surface area (Å²) in [6, 6.07) is 18.9. The Morgan fingerprint density at radius 3 is 2.55 bits per heavy atom. The van der Waals surface area contributed by atoms with Crippen molar-refractivity contribution in [3.05, 3.63) is 95.2 Å². The summed E-state index contributed by atoms with van der Waals surface area (Å²) < 4.78 is 29.4. The van der Waals surface area contributed by atoms with E-state index in [4.69, 9.17) is 0 Å². The Kier molecular flexibility index (Phi) is 4.94. The third-order valence-corrected chi connectivity index (χ3v) is 5.57. The third kappa shape index (κ3) is 4.55. The van der Waals surface area contributed by atoms with Crippen LogP contribution in [0.25, 0.3) is 23.0 Å². The number of rotatable bonds is 5. The zero-order chi connectivity index (χ0) is 20.4. The Labute approximate surface area is 170 Å². The van der Waals surface area contributed by atoms with Gasteiger partial charge in [-0.05, 0) is 55.3 Å². The summed E-state index contributed by atoms with van der Waals surface area (Å²) >= 11 is 0. The van der Waals surface area contributed by atoms with Gasteiger partial charge in [-0.15, -0.1) is 0 Å². The van der Waals surface area contributed by atoms with Crippen molar-refractivity contribution in [2.75, 3.05) is 4.72 Å². The maximum absolute atomic E-state index is 12.4. The number of pyridine rings is 1. The lowest BCUT2D eigenvalue weighted by Gasteiger charge is -2.06. The molecule has 5 nitrogen and oxygen atoms in total. The van der Waals surface area contributed by atoms with Gasteiger partial charge in [-0.2, -0.15) is 0 Å². The Hall–Kier alpha value is -3.38. The van der Waals surface area contributed by atoms with Crippen molar-refractivity contribution >= 4 is 27.4 Å². The van der Waals surface area contributed by atoms with Crippen molar-refractivity contribution in [1.29, 1.82) is 0 Å². The number of anilines is 1. The van der Waals surface area contributed by atoms with Crippen LogP contribution >= 0.6 is 0 Å². The standard InChI is InChI=1S/C23H21N3O2S/c1-17-6-8-19(9-7-17)11-13-29(27,28)25-21-5-3-4-20(15-21)22-16-26-12-10-18(2)14-23(26)24-22/h3-16,25H,1-2H3/b13-11+. The molecule has 1 N–H and O–H groups in total. The van der Waals surface area contributed by atoms with E-state index < -0.39 is 10.0 Å². The minimum atomic E-state index is -3.63. The number of nitrogens with one attached hydrogen (secondary N) is 1. The highest BCUT2D eigenvalue weighted by Gasteiger charge is 2.09. The fraction of sp³-hybridized carbons (Fsp3) is 0.0870. The number of sulfonamides is 1. The molecular formula is C23H21N3O2S. The van der Waals surface area contributed by atoms with Crippen LogP contribution in [0.5, 0.6) is 0 Å². The molecule has 0 bridgehead atoms. The molecule has 0 saturated heterocycles. The van der Waals surface area contributed by atoms with Gasteiger partial charge in [0, 0.05) is 23.6 Å². The van der Waals surface area contributed by atoms with Crippen LogP contribution in [0.4, 0.5) is 5.69 Å². The van der Waals surface area contributed by atoms with Crippen LogP contribution in [0.2, 0.25) is 0 Å². The number of nitrogens with zero attached hydrogens (tertiary/aromatic N) is 2. The molecule has 0 aliphatic rings. The van der Waals surface area contributed by atoms with Gasteiger partial charge < -0.3 is 4.40 Å². The second kappa shape index (κ2) is 7.56. The highest BCUT2D eigenvalue weighted by molar-refractivity contribution is 7.95. The molecule has 0 aliphatic heterocycles. The normalized spacial score (nSPS) is 11.9. The molecular weight excluding hydrogens is 382 g/mol. The van der Waals surface area contributed by atoms with Crippen molar-refractivity contribution in [2.24, 2.45) is 0 Å². The van der Waals surface area contributed by atoms with Gasteiger partial charge in [0.1, 0.15) is 5.65 Å². The van der Waals surface area contributed by atoms with Gasteiger partial charge in [0.25, 0.3) is 10.0 Å². The summed E-state index contributed by atoms with van der Waals surface area (Å²) in [6.45, 7) is 4.01. The van der Waals surface area contributed by atoms with Crippen molar-refractivity contribution in [1.82, 2.24) is 9.38 Å². The number of aromatic nitrogens is 2. The van der Waals surface area contributed by atoms with Crippen LogP contribution in [-0.2, 0) is 10.0 Å². The molecule has 2 heterocycles. The number of fused-ring (bicyclic) bond motifs is 1. The third-order valence-electron chi connectivity index (χ3n) is 4.55. The maximum Gasteiger partial charge on any atom is 0.255 e. The fourth-order valence-electron chi connectivity index (χ4n) is 3.01. The van der Waals surface area contributed by atoms with Crippen LogP contribution in [0, 0.1) is 13.8 Å². The number of aryl methyl sites for hydroxylation is 2. The highest BCUT2D eigenvalue weighted by Crippen LogP contribution is 2.23. The van der Waals surface area contributed by atoms with E-state index in [1.807, 2.05) is 79.2 Å². The van der Waals surface area contributed by atoms with Crippen molar-refractivity contribution in [2.45, 2.75) is 13.8 Å². The zero-order valence-corrected chi connectivity index (χ0v) is 17.0. The maximum atomic E-state index is 12.4. The molecule has 2 aromatic carbocycles. The smallest absolute Gasteiger partial charge is 0.255 e. The van der Waals surface area contributed by atoms with Crippen molar-refractivity contribution in [3.63, 3.8) is 0 Å². The number of benzene rings is 2. The molecule has 6 heteroatoms. The molecule has 0 amide bonds. The van der Waals surface area contributed by atoms with E-state index in [1.165, 1.54) is 5.41 Å². The molecule has 146 valence electrons. The van der Waals surface area contributed by atoms with Gasteiger partial charge in [-0.25, -0.2) is 13.4 Å². The average molecular weight is 404 g/mol. The van der Waals surface area contributed by atoms with Gasteiger partial charge in [0.15, 0.2) is 0 Å². The average Bonchev–Trinajstić information content (AvgIpc) is 3.11. The summed E-state index contributed by atoms with van der Waals surface area (Å²) in [5, 5.41) is 1.18. The molecule has 0 fully saturated rings. The van der Waals surface area contributed by atoms with Gasteiger partial charge in [0.2, 0.25) is 0 Å². The van der Waals surface area contributed by atoms with Crippen LogP contribution in [0.3, 0.4) is 0 Å². The Balaban J connectivity index is 1.56. The fourth-order valence-corrected chi connectivity index (χ4v) is 3.87. The second-order valence-electron chi connectivity index (χ2n) is 7.04. The van der Waals surface area contributed by atoms with Gasteiger partial charge in [-0.1, -0.05) is 42.0 Å². The van der Waals surface area contributed by atoms with E-state index in [9.17, 15) is 8.42 Å². The predicted molar refractivity (Wildman–Crippen MR) is 118 cm³/mol. The molecule has 4 aromatic rings. The van der Waals surface area contributed by atoms with Crippen LogP contribution in [0.15, 0.2) is 78.5 Å². The summed E-state index contributed by atoms with van der Waals surface area (Å²) in [5.74, 6) is 0. The zero-order valence-electron chi connectivity index (χ0n) is 16.2. The molecule has 29 heavy (non-hydrogen) atoms. The molecule has 2 aromatic heterocycles. The first-order valence-corrected chi connectivity index (χ1v) is 10.8. The monoisotopic (exact) mass is 403 g/mol. The van der Waals surface area contributed by atoms with E-state index in [0.29, 0.717) is 5.69 Å². The lowest BCUT2D eigenvalue weighted by atomic mass is 10.1. The quantitative estimate of drug-likeness (QED) is 0.508. The first-order valence-electron chi connectivity index (χ1n) is 9.21. The molecule has 0 saturated carbocycles. The lowest BCUT2D eigenvalue weighted by molar-refractivity contribution is 0.609. The summed E-state index contributed by atoms with van der Waals surface area (Å²) in [4.78, 5) is 4.64. The van der Waals surface area contributed by atoms with Gasteiger partial charge in [-0.3, -0.25) is 4.72 Å². The molecule has 0 atom stereocenters. The van der Waals surface area contributed by atoms with Crippen LogP contribution in [-0.4, -0.2) is 17.8 Å².